The summed E-state index contributed by atoms with van der Waals surface area (Å²) < 4.78 is 17.6. The summed E-state index contributed by atoms with van der Waals surface area (Å²) in [6.07, 6.45) is -1.29. The van der Waals surface area contributed by atoms with Gasteiger partial charge in [0.05, 0.1) is 17.7 Å². The number of carbonyl (C=O) groups excluding carboxylic acids is 2. The number of para-hydroxylation sites is 3. The van der Waals surface area contributed by atoms with Crippen molar-refractivity contribution in [3.63, 3.8) is 0 Å². The first-order valence-electron chi connectivity index (χ1n) is 12.9. The highest BCUT2D eigenvalue weighted by molar-refractivity contribution is 6.04. The smallest absolute Gasteiger partial charge is 0.343 e. The van der Waals surface area contributed by atoms with Crippen LogP contribution in [0.5, 0.6) is 5.75 Å². The predicted octanol–water partition coefficient (Wildman–Crippen LogP) is 6.70. The number of hydrogen-bond donors (Lipinski definition) is 1. The van der Waals surface area contributed by atoms with E-state index in [1.165, 1.54) is 6.07 Å². The Morgan fingerprint density at radius 3 is 2.25 bits per heavy atom. The number of carbonyl (C=O) groups is 2. The quantitative estimate of drug-likeness (QED) is 0.223. The number of rotatable bonds is 8. The van der Waals surface area contributed by atoms with Crippen molar-refractivity contribution in [3.05, 3.63) is 130 Å². The molecular weight excluding hydrogens is 506 g/mol. The fourth-order valence-electron chi connectivity index (χ4n) is 4.46. The third-order valence-electron chi connectivity index (χ3n) is 6.41. The number of ether oxygens (including phenoxy) is 2. The summed E-state index contributed by atoms with van der Waals surface area (Å²) in [5.41, 5.74) is 1.94. The summed E-state index contributed by atoms with van der Waals surface area (Å²) in [6.45, 7) is 3.95. The minimum absolute atomic E-state index is 0.0372. The number of amides is 1. The predicted molar refractivity (Wildman–Crippen MR) is 153 cm³/mol. The number of hydrogen-bond acceptors (Lipinski definition) is 6. The van der Waals surface area contributed by atoms with Gasteiger partial charge in [-0.25, -0.2) is 4.79 Å². The van der Waals surface area contributed by atoms with Crippen molar-refractivity contribution in [2.75, 3.05) is 11.9 Å². The van der Waals surface area contributed by atoms with E-state index in [0.717, 1.165) is 0 Å². The molecular formula is C33H27NO6. The minimum Gasteiger partial charge on any atom is -0.492 e. The number of nitrogens with one attached hydrogen (secondary N) is 1. The number of esters is 1. The highest BCUT2D eigenvalue weighted by Gasteiger charge is 2.28. The molecule has 0 saturated carbocycles. The van der Waals surface area contributed by atoms with Crippen molar-refractivity contribution in [1.29, 1.82) is 0 Å². The molecule has 0 aliphatic heterocycles. The monoisotopic (exact) mass is 533 g/mol. The molecule has 0 radical (unpaired) electrons. The number of anilines is 1. The van der Waals surface area contributed by atoms with Crippen molar-refractivity contribution < 1.29 is 23.5 Å². The molecule has 1 aromatic heterocycles. The minimum atomic E-state index is -1.29. The van der Waals surface area contributed by atoms with Gasteiger partial charge in [0.2, 0.25) is 6.10 Å². The maximum absolute atomic E-state index is 13.6. The Bertz CT molecular complexity index is 1730. The second kappa shape index (κ2) is 11.7. The van der Waals surface area contributed by atoms with Crippen LogP contribution in [0.25, 0.3) is 22.3 Å². The lowest BCUT2D eigenvalue weighted by Gasteiger charge is -2.19. The zero-order valence-electron chi connectivity index (χ0n) is 22.0. The second-order valence-corrected chi connectivity index (χ2v) is 9.05. The van der Waals surface area contributed by atoms with E-state index in [1.807, 2.05) is 37.3 Å². The van der Waals surface area contributed by atoms with Crippen molar-refractivity contribution in [3.8, 4) is 17.1 Å². The SMILES string of the molecule is CCOc1ccccc1NC(=O)C(OC(=O)c1cccc2c(=O)c(C)c(-c3ccccc3)oc12)c1ccccc1. The molecule has 1 unspecified atom stereocenters. The van der Waals surface area contributed by atoms with Crippen LogP contribution in [-0.4, -0.2) is 18.5 Å². The Labute approximate surface area is 231 Å². The molecule has 40 heavy (non-hydrogen) atoms. The van der Waals surface area contributed by atoms with E-state index < -0.39 is 18.0 Å². The standard InChI is InChI=1S/C33H27NO6/c1-3-38-27-20-11-10-19-26(27)34-32(36)30(23-15-8-5-9-16-23)40-33(37)25-18-12-17-24-28(35)21(2)29(39-31(24)25)22-13-6-4-7-14-22/h4-20,30H,3H2,1-2H3,(H,34,36). The topological polar surface area (TPSA) is 94.8 Å². The van der Waals surface area contributed by atoms with Gasteiger partial charge >= 0.3 is 5.97 Å². The number of fused-ring (bicyclic) bond motifs is 1. The van der Waals surface area contributed by atoms with Crippen molar-refractivity contribution >= 4 is 28.5 Å². The average molecular weight is 534 g/mol. The van der Waals surface area contributed by atoms with Gasteiger partial charge in [0, 0.05) is 16.7 Å². The van der Waals surface area contributed by atoms with Gasteiger partial charge in [-0.15, -0.1) is 0 Å². The van der Waals surface area contributed by atoms with E-state index in [9.17, 15) is 14.4 Å². The van der Waals surface area contributed by atoms with Gasteiger partial charge in [-0.2, -0.15) is 0 Å². The third-order valence-corrected chi connectivity index (χ3v) is 6.41. The Morgan fingerprint density at radius 2 is 1.52 bits per heavy atom. The first kappa shape index (κ1) is 26.4. The van der Waals surface area contributed by atoms with Crippen LogP contribution in [0.2, 0.25) is 0 Å². The fourth-order valence-corrected chi connectivity index (χ4v) is 4.46. The Balaban J connectivity index is 1.53. The third kappa shape index (κ3) is 5.35. The second-order valence-electron chi connectivity index (χ2n) is 9.05. The lowest BCUT2D eigenvalue weighted by Crippen LogP contribution is -2.26. The molecule has 0 saturated heterocycles. The molecule has 5 aromatic rings. The van der Waals surface area contributed by atoms with Gasteiger partial charge in [-0.1, -0.05) is 78.9 Å². The summed E-state index contributed by atoms with van der Waals surface area (Å²) in [5, 5.41) is 3.07. The van der Waals surface area contributed by atoms with E-state index in [0.29, 0.717) is 40.5 Å². The van der Waals surface area contributed by atoms with Crippen LogP contribution in [0.15, 0.2) is 112 Å². The van der Waals surface area contributed by atoms with Crippen LogP contribution >= 0.6 is 0 Å². The highest BCUT2D eigenvalue weighted by atomic mass is 16.5. The molecule has 7 nitrogen and oxygen atoms in total. The molecule has 7 heteroatoms. The molecule has 1 amide bonds. The summed E-state index contributed by atoms with van der Waals surface area (Å²) in [7, 11) is 0. The molecule has 1 atom stereocenters. The van der Waals surface area contributed by atoms with Crippen molar-refractivity contribution in [2.24, 2.45) is 0 Å². The molecule has 4 aromatic carbocycles. The highest BCUT2D eigenvalue weighted by Crippen LogP contribution is 2.30. The lowest BCUT2D eigenvalue weighted by molar-refractivity contribution is -0.125. The first-order valence-corrected chi connectivity index (χ1v) is 12.9. The summed E-state index contributed by atoms with van der Waals surface area (Å²) >= 11 is 0. The Hall–Kier alpha value is -5.17. The van der Waals surface area contributed by atoms with Crippen molar-refractivity contribution in [1.82, 2.24) is 0 Å². The van der Waals surface area contributed by atoms with Gasteiger partial charge < -0.3 is 19.2 Å². The first-order chi connectivity index (χ1) is 19.5. The molecule has 0 spiro atoms. The Kier molecular flexibility index (Phi) is 7.73. The maximum Gasteiger partial charge on any atom is 0.343 e. The van der Waals surface area contributed by atoms with Crippen LogP contribution in [0, 0.1) is 6.92 Å². The van der Waals surface area contributed by atoms with Gasteiger partial charge in [0.15, 0.2) is 11.0 Å². The van der Waals surface area contributed by atoms with Crippen LogP contribution in [0.3, 0.4) is 0 Å². The van der Waals surface area contributed by atoms with Crippen LogP contribution in [0.4, 0.5) is 5.69 Å². The molecule has 1 N–H and O–H groups in total. The molecule has 0 aliphatic rings. The zero-order valence-corrected chi connectivity index (χ0v) is 22.0. The zero-order chi connectivity index (χ0) is 28.1. The van der Waals surface area contributed by atoms with Crippen LogP contribution < -0.4 is 15.5 Å². The van der Waals surface area contributed by atoms with Gasteiger partial charge in [-0.3, -0.25) is 9.59 Å². The van der Waals surface area contributed by atoms with E-state index in [4.69, 9.17) is 13.9 Å². The van der Waals surface area contributed by atoms with Gasteiger partial charge in [-0.05, 0) is 38.1 Å². The molecule has 0 bridgehead atoms. The van der Waals surface area contributed by atoms with E-state index >= 15 is 0 Å². The normalized spacial score (nSPS) is 11.6. The van der Waals surface area contributed by atoms with Crippen molar-refractivity contribution in [2.45, 2.75) is 20.0 Å². The van der Waals surface area contributed by atoms with Crippen LogP contribution in [-0.2, 0) is 9.53 Å². The van der Waals surface area contributed by atoms with E-state index in [-0.39, 0.29) is 22.0 Å². The summed E-state index contributed by atoms with van der Waals surface area (Å²) in [4.78, 5) is 40.4. The largest absolute Gasteiger partial charge is 0.492 e. The van der Waals surface area contributed by atoms with E-state index in [1.54, 1.807) is 73.7 Å². The van der Waals surface area contributed by atoms with E-state index in [2.05, 4.69) is 5.32 Å². The fraction of sp³-hybridized carbons (Fsp3) is 0.121. The van der Waals surface area contributed by atoms with Gasteiger partial charge in [0.1, 0.15) is 17.1 Å². The maximum atomic E-state index is 13.6. The Morgan fingerprint density at radius 1 is 0.850 bits per heavy atom. The van der Waals surface area contributed by atoms with Gasteiger partial charge in [0.25, 0.3) is 5.91 Å². The summed E-state index contributed by atoms with van der Waals surface area (Å²) in [5.74, 6) is -0.507. The average Bonchev–Trinajstić information content (AvgIpc) is 2.99. The number of benzene rings is 4. The lowest BCUT2D eigenvalue weighted by atomic mass is 10.0. The molecule has 5 rings (SSSR count). The molecule has 0 aliphatic carbocycles. The van der Waals surface area contributed by atoms with Crippen LogP contribution in [0.1, 0.15) is 34.5 Å². The summed E-state index contributed by atoms with van der Waals surface area (Å²) in [6, 6.07) is 29.6. The molecule has 200 valence electrons. The molecule has 1 heterocycles. The molecule has 0 fully saturated rings.